The van der Waals surface area contributed by atoms with Crippen LogP contribution in [0.3, 0.4) is 0 Å². The number of rotatable bonds is 7. The van der Waals surface area contributed by atoms with E-state index < -0.39 is 26.7 Å². The first kappa shape index (κ1) is 30.8. The molecule has 0 fully saturated rings. The minimum absolute atomic E-state index is 0. The van der Waals surface area contributed by atoms with Crippen LogP contribution >= 0.6 is 23.2 Å². The average molecular weight is 596 g/mol. The topological polar surface area (TPSA) is 140 Å². The fourth-order valence-electron chi connectivity index (χ4n) is 3.80. The predicted molar refractivity (Wildman–Crippen MR) is 144 cm³/mol. The van der Waals surface area contributed by atoms with E-state index >= 15 is 0 Å². The number of azo groups is 1. The van der Waals surface area contributed by atoms with Gasteiger partial charge in [0, 0.05) is 10.9 Å². The number of nitrogens with one attached hydrogen (secondary N) is 1. The smallest absolute Gasteiger partial charge is 0.870 e. The number of carbonyl (C=O) groups is 1. The number of para-hydroxylation sites is 1. The average Bonchev–Trinajstić information content (AvgIpc) is 2.84. The van der Waals surface area contributed by atoms with Gasteiger partial charge in [-0.3, -0.25) is 9.35 Å². The first-order valence-electron chi connectivity index (χ1n) is 11.2. The molecule has 2 N–H and O–H groups in total. The molecule has 196 valence electrons. The molecule has 4 aromatic carbocycles. The summed E-state index contributed by atoms with van der Waals surface area (Å²) >= 11 is 12.3. The molecule has 39 heavy (non-hydrogen) atoms. The molecule has 0 unspecified atom stereocenters. The number of fused-ring (bicyclic) bond motifs is 1. The molecule has 9 nitrogen and oxygen atoms in total. The molecule has 0 bridgehead atoms. The van der Waals surface area contributed by atoms with Gasteiger partial charge >= 0.3 is 29.6 Å². The summed E-state index contributed by atoms with van der Waals surface area (Å²) in [6, 6.07) is 15.6. The minimum atomic E-state index is -4.76. The summed E-state index contributed by atoms with van der Waals surface area (Å²) in [5.74, 6) is -1.19. The Balaban J connectivity index is 0.00000420. The molecule has 0 saturated carbocycles. The summed E-state index contributed by atoms with van der Waals surface area (Å²) in [4.78, 5) is 12.6. The second-order valence-corrected chi connectivity index (χ2v) is 10.3. The van der Waals surface area contributed by atoms with Crippen molar-refractivity contribution in [1.82, 2.24) is 0 Å². The van der Waals surface area contributed by atoms with Crippen LogP contribution in [-0.4, -0.2) is 25.5 Å². The molecule has 4 aromatic rings. The van der Waals surface area contributed by atoms with Crippen molar-refractivity contribution in [1.29, 1.82) is 0 Å². The van der Waals surface area contributed by atoms with Crippen molar-refractivity contribution in [2.75, 3.05) is 11.9 Å². The molecule has 4 rings (SSSR count). The number of hydrogen-bond acceptors (Lipinski definition) is 7. The van der Waals surface area contributed by atoms with E-state index in [2.05, 4.69) is 15.5 Å². The number of ether oxygens (including phenoxy) is 1. The van der Waals surface area contributed by atoms with E-state index in [1.165, 1.54) is 18.2 Å². The third-order valence-corrected chi connectivity index (χ3v) is 7.09. The number of benzene rings is 4. The van der Waals surface area contributed by atoms with Crippen LogP contribution in [0.1, 0.15) is 22.8 Å². The van der Waals surface area contributed by atoms with Crippen LogP contribution in [-0.2, 0) is 10.1 Å². The van der Waals surface area contributed by atoms with E-state index in [0.717, 1.165) is 0 Å². The van der Waals surface area contributed by atoms with Gasteiger partial charge < -0.3 is 15.2 Å². The largest absolute Gasteiger partial charge is 1.00 e. The summed E-state index contributed by atoms with van der Waals surface area (Å²) in [5, 5.41) is 24.9. The summed E-state index contributed by atoms with van der Waals surface area (Å²) in [5.41, 5.74) is 0.00684. The number of nitrogens with zero attached hydrogens (tertiary/aromatic N) is 2. The van der Waals surface area contributed by atoms with Gasteiger partial charge in [0.25, 0.3) is 16.0 Å². The van der Waals surface area contributed by atoms with Crippen LogP contribution in [0.25, 0.3) is 10.8 Å². The SMILES string of the molecule is CCOc1cccc(Cl)c1NC(=O)c1cc2ccccc2c(N=Nc2cc(C)cc(Cl)c2S(=O)(=O)O)c1[O-].[Na+]. The Bertz CT molecular complexity index is 1710. The van der Waals surface area contributed by atoms with Gasteiger partial charge in [0.15, 0.2) is 0 Å². The summed E-state index contributed by atoms with van der Waals surface area (Å²) in [6.07, 6.45) is 0. The molecule has 0 heterocycles. The first-order valence-corrected chi connectivity index (χ1v) is 13.4. The van der Waals surface area contributed by atoms with Crippen molar-refractivity contribution in [2.24, 2.45) is 10.2 Å². The molecule has 0 spiro atoms. The monoisotopic (exact) mass is 595 g/mol. The van der Waals surface area contributed by atoms with Crippen molar-refractivity contribution in [2.45, 2.75) is 18.7 Å². The van der Waals surface area contributed by atoms with Gasteiger partial charge in [0.2, 0.25) is 0 Å². The fourth-order valence-corrected chi connectivity index (χ4v) is 5.25. The van der Waals surface area contributed by atoms with Crippen LogP contribution in [0.2, 0.25) is 10.0 Å². The molecule has 0 radical (unpaired) electrons. The Morgan fingerprint density at radius 2 is 1.77 bits per heavy atom. The number of amides is 1. The van der Waals surface area contributed by atoms with E-state index in [9.17, 15) is 22.9 Å². The van der Waals surface area contributed by atoms with Crippen molar-refractivity contribution < 1.29 is 57.2 Å². The molecule has 1 amide bonds. The number of aryl methyl sites for hydroxylation is 1. The van der Waals surface area contributed by atoms with Crippen LogP contribution in [0.5, 0.6) is 11.5 Å². The fraction of sp³-hybridized carbons (Fsp3) is 0.115. The molecule has 0 aliphatic carbocycles. The number of halogens is 2. The van der Waals surface area contributed by atoms with E-state index in [-0.39, 0.29) is 62.2 Å². The van der Waals surface area contributed by atoms with Crippen LogP contribution in [0.4, 0.5) is 17.1 Å². The van der Waals surface area contributed by atoms with Crippen LogP contribution in [0.15, 0.2) is 75.8 Å². The van der Waals surface area contributed by atoms with Gasteiger partial charge in [-0.2, -0.15) is 13.5 Å². The Morgan fingerprint density at radius 3 is 2.46 bits per heavy atom. The maximum atomic E-state index is 13.5. The molecule has 0 saturated heterocycles. The third kappa shape index (κ3) is 6.72. The molecular weight excluding hydrogens is 576 g/mol. The zero-order valence-electron chi connectivity index (χ0n) is 21.0. The normalized spacial score (nSPS) is 11.4. The third-order valence-electron chi connectivity index (χ3n) is 5.42. The number of carbonyl (C=O) groups excluding carboxylic acids is 1. The van der Waals surface area contributed by atoms with E-state index in [4.69, 9.17) is 27.9 Å². The van der Waals surface area contributed by atoms with Gasteiger partial charge in [-0.1, -0.05) is 59.3 Å². The molecule has 0 aromatic heterocycles. The summed E-state index contributed by atoms with van der Waals surface area (Å²) in [7, 11) is -4.76. The van der Waals surface area contributed by atoms with Gasteiger partial charge in [0.05, 0.1) is 22.3 Å². The molecule has 0 aliphatic rings. The minimum Gasteiger partial charge on any atom is -0.870 e. The summed E-state index contributed by atoms with van der Waals surface area (Å²) < 4.78 is 39.0. The maximum absolute atomic E-state index is 13.5. The van der Waals surface area contributed by atoms with Gasteiger partial charge in [0.1, 0.15) is 22.0 Å². The quantitative estimate of drug-likeness (QED) is 0.189. The van der Waals surface area contributed by atoms with Crippen molar-refractivity contribution in [3.05, 3.63) is 81.8 Å². The van der Waals surface area contributed by atoms with Gasteiger partial charge in [-0.05, 0) is 55.1 Å². The van der Waals surface area contributed by atoms with E-state index in [1.807, 2.05) is 0 Å². The second kappa shape index (κ2) is 12.6. The standard InChI is InChI=1S/C26H21Cl2N3O6S.Na/c1-3-37-21-10-6-9-18(27)23(21)29-26(33)17-13-15-7-4-5-8-16(15)22(24(17)32)31-30-20-12-14(2)11-19(28)25(20)38(34,35)36;/h4-13,32H,3H2,1-2H3,(H,29,33)(H,34,35,36);/q;+1/p-1. The second-order valence-electron chi connectivity index (χ2n) is 8.09. The summed E-state index contributed by atoms with van der Waals surface area (Å²) in [6.45, 7) is 3.74. The van der Waals surface area contributed by atoms with Crippen molar-refractivity contribution in [3.8, 4) is 11.5 Å². The molecule has 0 aliphatic heterocycles. The predicted octanol–water partition coefficient (Wildman–Crippen LogP) is 3.85. The number of hydrogen-bond donors (Lipinski definition) is 2. The van der Waals surface area contributed by atoms with Crippen LogP contribution in [0, 0.1) is 6.92 Å². The van der Waals surface area contributed by atoms with E-state index in [0.29, 0.717) is 28.7 Å². The van der Waals surface area contributed by atoms with Gasteiger partial charge in [-0.15, -0.1) is 5.11 Å². The van der Waals surface area contributed by atoms with Crippen LogP contribution < -0.4 is 44.7 Å². The Morgan fingerprint density at radius 1 is 1.05 bits per heavy atom. The van der Waals surface area contributed by atoms with Gasteiger partial charge in [-0.25, -0.2) is 0 Å². The Hall–Kier alpha value is -2.70. The van der Waals surface area contributed by atoms with E-state index in [1.54, 1.807) is 56.3 Å². The van der Waals surface area contributed by atoms with Crippen molar-refractivity contribution in [3.63, 3.8) is 0 Å². The molecular formula is C26H20Cl2N3NaO6S. The Kier molecular flexibility index (Phi) is 10.0. The number of anilines is 1. The van der Waals surface area contributed by atoms with Crippen molar-refractivity contribution >= 4 is 67.1 Å². The zero-order valence-corrected chi connectivity index (χ0v) is 25.4. The Labute approximate surface area is 256 Å². The zero-order chi connectivity index (χ0) is 27.6. The molecule has 0 atom stereocenters. The molecule has 13 heteroatoms. The maximum Gasteiger partial charge on any atom is 1.00 e. The first-order chi connectivity index (χ1) is 18.0.